The summed E-state index contributed by atoms with van der Waals surface area (Å²) in [5, 5.41) is 13.3. The Morgan fingerprint density at radius 3 is 2.96 bits per heavy atom. The first-order valence-corrected chi connectivity index (χ1v) is 10.6. The van der Waals surface area contributed by atoms with Crippen molar-refractivity contribution in [1.29, 1.82) is 0 Å². The molecule has 0 aliphatic rings. The number of aromatic nitrogens is 5. The molecule has 0 fully saturated rings. The lowest BCUT2D eigenvalue weighted by molar-refractivity contribution is 0.783. The van der Waals surface area contributed by atoms with Gasteiger partial charge in [0.1, 0.15) is 0 Å². The zero-order valence-corrected chi connectivity index (χ0v) is 16.6. The fourth-order valence-corrected chi connectivity index (χ4v) is 4.84. The van der Waals surface area contributed by atoms with Gasteiger partial charge >= 0.3 is 0 Å². The van der Waals surface area contributed by atoms with Gasteiger partial charge in [0.25, 0.3) is 5.56 Å². The lowest BCUT2D eigenvalue weighted by Gasteiger charge is -2.09. The van der Waals surface area contributed by atoms with E-state index in [0.717, 1.165) is 35.0 Å². The Balaban J connectivity index is 1.77. The summed E-state index contributed by atoms with van der Waals surface area (Å²) in [6, 6.07) is 7.56. The van der Waals surface area contributed by atoms with Crippen LogP contribution in [0.15, 0.2) is 52.3 Å². The molecule has 0 N–H and O–H groups in total. The second-order valence-corrected chi connectivity index (χ2v) is 8.00. The van der Waals surface area contributed by atoms with E-state index in [9.17, 15) is 4.79 Å². The van der Waals surface area contributed by atoms with E-state index in [1.807, 2.05) is 28.7 Å². The quantitative estimate of drug-likeness (QED) is 0.349. The van der Waals surface area contributed by atoms with Crippen LogP contribution in [-0.4, -0.2) is 24.1 Å². The van der Waals surface area contributed by atoms with Crippen LogP contribution in [0.1, 0.15) is 24.0 Å². The molecule has 0 atom stereocenters. The molecule has 0 radical (unpaired) electrons. The molecule has 0 saturated carbocycles. The van der Waals surface area contributed by atoms with Gasteiger partial charge in [0, 0.05) is 17.7 Å². The van der Waals surface area contributed by atoms with E-state index in [1.165, 1.54) is 5.01 Å². The van der Waals surface area contributed by atoms with Gasteiger partial charge in [-0.2, -0.15) is 0 Å². The maximum atomic E-state index is 12.8. The number of thioether (sulfide) groups is 1. The lowest BCUT2D eigenvalue weighted by Crippen LogP contribution is -2.22. The van der Waals surface area contributed by atoms with Gasteiger partial charge in [-0.05, 0) is 25.0 Å². The fraction of sp³-hybridized carbons (Fsp3) is 0.263. The fourth-order valence-electron chi connectivity index (χ4n) is 3.00. The molecule has 0 spiro atoms. The van der Waals surface area contributed by atoms with Crippen LogP contribution in [0, 0.1) is 0 Å². The van der Waals surface area contributed by atoms with Crippen molar-refractivity contribution in [2.75, 3.05) is 0 Å². The summed E-state index contributed by atoms with van der Waals surface area (Å²) in [5.41, 5.74) is 1.79. The highest BCUT2D eigenvalue weighted by Crippen LogP contribution is 2.25. The van der Waals surface area contributed by atoms with Gasteiger partial charge in [-0.3, -0.25) is 13.8 Å². The largest absolute Gasteiger partial charge is 0.272 e. The van der Waals surface area contributed by atoms with Crippen molar-refractivity contribution < 1.29 is 0 Å². The number of allylic oxidation sites excluding steroid dienone is 1. The summed E-state index contributed by atoms with van der Waals surface area (Å²) in [7, 11) is 0. The van der Waals surface area contributed by atoms with Crippen LogP contribution >= 0.6 is 23.1 Å². The van der Waals surface area contributed by atoms with Crippen LogP contribution in [0.25, 0.3) is 16.7 Å². The molecule has 4 aromatic rings. The Bertz CT molecular complexity index is 1170. The van der Waals surface area contributed by atoms with Crippen molar-refractivity contribution in [2.24, 2.45) is 0 Å². The molecule has 0 unspecified atom stereocenters. The van der Waals surface area contributed by atoms with Crippen LogP contribution in [0.4, 0.5) is 0 Å². The highest BCUT2D eigenvalue weighted by atomic mass is 32.2. The van der Waals surface area contributed by atoms with Crippen molar-refractivity contribution in [3.8, 4) is 0 Å². The van der Waals surface area contributed by atoms with Crippen molar-refractivity contribution in [3.63, 3.8) is 0 Å². The molecule has 4 rings (SSSR count). The molecule has 8 heteroatoms. The zero-order valence-electron chi connectivity index (χ0n) is 15.0. The number of hydrogen-bond acceptors (Lipinski definition) is 6. The average molecular weight is 398 g/mol. The molecule has 0 saturated heterocycles. The number of aryl methyl sites for hydroxylation is 1. The smallest absolute Gasteiger partial charge is 0.263 e. The Hall–Kier alpha value is -2.45. The third-order valence-corrected chi connectivity index (χ3v) is 6.12. The molecule has 138 valence electrons. The summed E-state index contributed by atoms with van der Waals surface area (Å²) >= 11 is 3.29. The van der Waals surface area contributed by atoms with Crippen LogP contribution in [0.3, 0.4) is 0 Å². The van der Waals surface area contributed by atoms with Gasteiger partial charge in [0.2, 0.25) is 5.78 Å². The SMILES string of the molecule is C=CCn1c(=O)c2ccccc2n2c(SCc3csc(CCC)n3)nnc12. The predicted molar refractivity (Wildman–Crippen MR) is 111 cm³/mol. The number of nitrogens with zero attached hydrogens (tertiary/aromatic N) is 5. The van der Waals surface area contributed by atoms with Crippen molar-refractivity contribution >= 4 is 39.8 Å². The molecule has 3 aromatic heterocycles. The summed E-state index contributed by atoms with van der Waals surface area (Å²) in [4.78, 5) is 17.5. The molecule has 6 nitrogen and oxygen atoms in total. The molecule has 0 amide bonds. The minimum Gasteiger partial charge on any atom is -0.272 e. The third-order valence-electron chi connectivity index (χ3n) is 4.20. The van der Waals surface area contributed by atoms with E-state index in [4.69, 9.17) is 0 Å². The van der Waals surface area contributed by atoms with Crippen LogP contribution in [-0.2, 0) is 18.7 Å². The maximum absolute atomic E-state index is 12.8. The van der Waals surface area contributed by atoms with E-state index >= 15 is 0 Å². The molecule has 27 heavy (non-hydrogen) atoms. The van der Waals surface area contributed by atoms with Gasteiger partial charge in [-0.1, -0.05) is 36.9 Å². The predicted octanol–water partition coefficient (Wildman–Crippen LogP) is 3.93. The van der Waals surface area contributed by atoms with E-state index in [-0.39, 0.29) is 5.56 Å². The highest BCUT2D eigenvalue weighted by molar-refractivity contribution is 7.98. The number of benzene rings is 1. The standard InChI is InChI=1S/C19H19N5OS2/c1-3-7-16-20-13(11-26-16)12-27-19-22-21-18-23(10-4-2)17(25)14-8-5-6-9-15(14)24(18)19/h4-6,8-9,11H,2-3,7,10,12H2,1H3. The number of thiazole rings is 1. The monoisotopic (exact) mass is 397 g/mol. The molecule has 1 aromatic carbocycles. The lowest BCUT2D eigenvalue weighted by atomic mass is 10.2. The van der Waals surface area contributed by atoms with Gasteiger partial charge in [-0.15, -0.1) is 28.1 Å². The summed E-state index contributed by atoms with van der Waals surface area (Å²) in [6.45, 7) is 6.30. The number of hydrogen-bond donors (Lipinski definition) is 0. The van der Waals surface area contributed by atoms with Crippen LogP contribution < -0.4 is 5.56 Å². The summed E-state index contributed by atoms with van der Waals surface area (Å²) in [6.07, 6.45) is 3.81. The average Bonchev–Trinajstić information content (AvgIpc) is 3.31. The maximum Gasteiger partial charge on any atom is 0.263 e. The molecule has 0 aliphatic heterocycles. The van der Waals surface area contributed by atoms with Gasteiger partial charge in [0.15, 0.2) is 5.16 Å². The number of rotatable bonds is 7. The van der Waals surface area contributed by atoms with E-state index < -0.39 is 0 Å². The van der Waals surface area contributed by atoms with E-state index in [1.54, 1.807) is 33.7 Å². The minimum absolute atomic E-state index is 0.0781. The topological polar surface area (TPSA) is 65.1 Å². The molecule has 3 heterocycles. The van der Waals surface area contributed by atoms with Crippen LogP contribution in [0.5, 0.6) is 0 Å². The van der Waals surface area contributed by atoms with E-state index in [0.29, 0.717) is 17.7 Å². The second kappa shape index (κ2) is 7.66. The molecular formula is C19H19N5OS2. The van der Waals surface area contributed by atoms with Gasteiger partial charge in [-0.25, -0.2) is 4.98 Å². The number of para-hydroxylation sites is 1. The van der Waals surface area contributed by atoms with Crippen LogP contribution in [0.2, 0.25) is 0 Å². The van der Waals surface area contributed by atoms with E-state index in [2.05, 4.69) is 34.1 Å². The Labute approximate surface area is 164 Å². The molecule has 0 bridgehead atoms. The minimum atomic E-state index is -0.0781. The van der Waals surface area contributed by atoms with Gasteiger partial charge < -0.3 is 0 Å². The van der Waals surface area contributed by atoms with Gasteiger partial charge in [0.05, 0.1) is 21.6 Å². The third kappa shape index (κ3) is 3.30. The van der Waals surface area contributed by atoms with Crippen molar-refractivity contribution in [3.05, 3.63) is 63.4 Å². The normalized spacial score (nSPS) is 11.4. The summed E-state index contributed by atoms with van der Waals surface area (Å²) < 4.78 is 3.55. The summed E-state index contributed by atoms with van der Waals surface area (Å²) in [5.74, 6) is 1.25. The molecular weight excluding hydrogens is 378 g/mol. The zero-order chi connectivity index (χ0) is 18.8. The Kier molecular flexibility index (Phi) is 5.09. The Morgan fingerprint density at radius 1 is 1.30 bits per heavy atom. The second-order valence-electron chi connectivity index (χ2n) is 6.11. The molecule has 0 aliphatic carbocycles. The highest BCUT2D eigenvalue weighted by Gasteiger charge is 2.16. The first-order chi connectivity index (χ1) is 13.2. The number of fused-ring (bicyclic) bond motifs is 3. The Morgan fingerprint density at radius 2 is 2.15 bits per heavy atom. The van der Waals surface area contributed by atoms with Crippen molar-refractivity contribution in [2.45, 2.75) is 37.2 Å². The first kappa shape index (κ1) is 17.9. The first-order valence-electron chi connectivity index (χ1n) is 8.76. The van der Waals surface area contributed by atoms with Crippen molar-refractivity contribution in [1.82, 2.24) is 24.1 Å².